The highest BCUT2D eigenvalue weighted by Crippen LogP contribution is 2.26. The van der Waals surface area contributed by atoms with E-state index in [9.17, 15) is 13.2 Å². The number of nitrogens with zero attached hydrogens (tertiary/aromatic N) is 4. The molecule has 27 heavy (non-hydrogen) atoms. The second-order valence-corrected chi connectivity index (χ2v) is 7.94. The fourth-order valence-electron chi connectivity index (χ4n) is 2.86. The molecule has 8 nitrogen and oxygen atoms in total. The van der Waals surface area contributed by atoms with Crippen molar-refractivity contribution in [3.8, 4) is 5.69 Å². The van der Waals surface area contributed by atoms with Crippen molar-refractivity contribution < 1.29 is 13.2 Å². The van der Waals surface area contributed by atoms with Gasteiger partial charge in [0.2, 0.25) is 0 Å². The predicted molar refractivity (Wildman–Crippen MR) is 99.2 cm³/mol. The fourth-order valence-corrected chi connectivity index (χ4v) is 4.45. The molecule has 1 heterocycles. The summed E-state index contributed by atoms with van der Waals surface area (Å²) in [6.07, 6.45) is 1.42. The molecule has 0 fully saturated rings. The van der Waals surface area contributed by atoms with Crippen LogP contribution in [0.25, 0.3) is 5.69 Å². The third-order valence-electron chi connectivity index (χ3n) is 4.54. The summed E-state index contributed by atoms with van der Waals surface area (Å²) < 4.78 is 29.3. The van der Waals surface area contributed by atoms with Crippen LogP contribution in [0.4, 0.5) is 0 Å². The second kappa shape index (κ2) is 6.92. The zero-order chi connectivity index (χ0) is 19.8. The van der Waals surface area contributed by atoms with Crippen LogP contribution in [0.2, 0.25) is 0 Å². The maximum Gasteiger partial charge on any atom is 0.264 e. The van der Waals surface area contributed by atoms with Gasteiger partial charge >= 0.3 is 0 Å². The number of rotatable bonds is 4. The largest absolute Gasteiger partial charge is 0.268 e. The van der Waals surface area contributed by atoms with E-state index >= 15 is 0 Å². The Morgan fingerprint density at radius 1 is 1.00 bits per heavy atom. The lowest BCUT2D eigenvalue weighted by atomic mass is 10.0. The molecule has 0 saturated heterocycles. The lowest BCUT2D eigenvalue weighted by Crippen LogP contribution is -2.32. The minimum Gasteiger partial charge on any atom is -0.268 e. The summed E-state index contributed by atoms with van der Waals surface area (Å²) in [4.78, 5) is 12.6. The van der Waals surface area contributed by atoms with E-state index in [1.165, 1.54) is 23.1 Å². The molecule has 0 unspecified atom stereocenters. The van der Waals surface area contributed by atoms with Gasteiger partial charge in [0.05, 0.1) is 10.6 Å². The summed E-state index contributed by atoms with van der Waals surface area (Å²) in [6, 6.07) is 8.23. The van der Waals surface area contributed by atoms with Gasteiger partial charge in [0.1, 0.15) is 6.33 Å². The zero-order valence-corrected chi connectivity index (χ0v) is 16.2. The minimum absolute atomic E-state index is 0.152. The van der Waals surface area contributed by atoms with E-state index in [4.69, 9.17) is 0 Å². The van der Waals surface area contributed by atoms with Gasteiger partial charge in [-0.25, -0.2) is 17.8 Å². The van der Waals surface area contributed by atoms with E-state index in [1.54, 1.807) is 26.0 Å². The molecule has 3 aromatic rings. The molecule has 0 radical (unpaired) electrons. The normalized spacial score (nSPS) is 11.4. The van der Waals surface area contributed by atoms with Crippen LogP contribution in [-0.4, -0.2) is 34.5 Å². The number of amides is 1. The number of hydrogen-bond donors (Lipinski definition) is 1. The summed E-state index contributed by atoms with van der Waals surface area (Å²) in [7, 11) is -4.00. The number of benzene rings is 2. The summed E-state index contributed by atoms with van der Waals surface area (Å²) in [5, 5.41) is 10.8. The number of aryl methyl sites for hydroxylation is 2. The van der Waals surface area contributed by atoms with Crippen LogP contribution < -0.4 is 4.72 Å². The molecule has 1 amide bonds. The molecule has 1 N–H and O–H groups in total. The fraction of sp³-hybridized carbons (Fsp3) is 0.222. The Kier molecular flexibility index (Phi) is 4.79. The summed E-state index contributed by atoms with van der Waals surface area (Å²) in [6.45, 7) is 7.17. The first-order valence-corrected chi connectivity index (χ1v) is 9.67. The zero-order valence-electron chi connectivity index (χ0n) is 15.4. The van der Waals surface area contributed by atoms with E-state index < -0.39 is 15.9 Å². The van der Waals surface area contributed by atoms with Crippen LogP contribution in [-0.2, 0) is 10.0 Å². The molecule has 3 rings (SSSR count). The average molecular weight is 385 g/mol. The molecule has 0 bridgehead atoms. The van der Waals surface area contributed by atoms with Crippen LogP contribution in [0.1, 0.15) is 32.6 Å². The SMILES string of the molecule is Cc1cc(C)c(C)c(S(=O)(=O)NC(=O)c2ccc(-n3cnnn3)cc2)c1C. The van der Waals surface area contributed by atoms with Gasteiger partial charge in [0, 0.05) is 5.56 Å². The maximum atomic E-state index is 12.9. The van der Waals surface area contributed by atoms with Gasteiger partial charge in [-0.3, -0.25) is 4.79 Å². The highest BCUT2D eigenvalue weighted by molar-refractivity contribution is 7.90. The molecule has 0 aliphatic rings. The van der Waals surface area contributed by atoms with Crippen molar-refractivity contribution in [1.82, 2.24) is 24.9 Å². The van der Waals surface area contributed by atoms with E-state index in [1.807, 2.05) is 19.9 Å². The third kappa shape index (κ3) is 3.59. The Morgan fingerprint density at radius 2 is 1.59 bits per heavy atom. The summed E-state index contributed by atoms with van der Waals surface area (Å²) in [5.41, 5.74) is 3.85. The van der Waals surface area contributed by atoms with Crippen LogP contribution in [0.3, 0.4) is 0 Å². The standard InChI is InChI=1S/C18H19N5O3S/c1-11-9-12(2)14(4)17(13(11)3)27(25,26)20-18(24)15-5-7-16(8-6-15)23-10-19-21-22-23/h5-10H,1-4H3,(H,20,24). The molecule has 0 aliphatic carbocycles. The topological polar surface area (TPSA) is 107 Å². The van der Waals surface area contributed by atoms with Crippen molar-refractivity contribution in [1.29, 1.82) is 0 Å². The lowest BCUT2D eigenvalue weighted by Gasteiger charge is -2.16. The minimum atomic E-state index is -4.00. The van der Waals surface area contributed by atoms with Crippen LogP contribution in [0.5, 0.6) is 0 Å². The quantitative estimate of drug-likeness (QED) is 0.736. The van der Waals surface area contributed by atoms with Crippen LogP contribution >= 0.6 is 0 Å². The maximum absolute atomic E-state index is 12.9. The average Bonchev–Trinajstić information content (AvgIpc) is 3.14. The monoisotopic (exact) mass is 385 g/mol. The number of aromatic nitrogens is 4. The molecule has 0 spiro atoms. The van der Waals surface area contributed by atoms with Crippen molar-refractivity contribution in [2.45, 2.75) is 32.6 Å². The molecule has 2 aromatic carbocycles. The van der Waals surface area contributed by atoms with Crippen molar-refractivity contribution in [3.05, 3.63) is 64.5 Å². The molecular formula is C18H19N5O3S. The lowest BCUT2D eigenvalue weighted by molar-refractivity contribution is 0.0981. The highest BCUT2D eigenvalue weighted by Gasteiger charge is 2.24. The Hall–Kier alpha value is -3.07. The Balaban J connectivity index is 1.90. The first-order valence-electron chi connectivity index (χ1n) is 8.18. The van der Waals surface area contributed by atoms with Crippen molar-refractivity contribution in [2.24, 2.45) is 0 Å². The van der Waals surface area contributed by atoms with Crippen LogP contribution in [0.15, 0.2) is 41.6 Å². The molecule has 0 saturated carbocycles. The number of sulfonamides is 1. The second-order valence-electron chi connectivity index (χ2n) is 6.33. The van der Waals surface area contributed by atoms with Gasteiger partial charge < -0.3 is 0 Å². The number of nitrogens with one attached hydrogen (secondary N) is 1. The Morgan fingerprint density at radius 3 is 2.11 bits per heavy atom. The predicted octanol–water partition coefficient (Wildman–Crippen LogP) is 2.01. The van der Waals surface area contributed by atoms with Gasteiger partial charge in [-0.2, -0.15) is 0 Å². The van der Waals surface area contributed by atoms with Crippen molar-refractivity contribution >= 4 is 15.9 Å². The number of tetrazole rings is 1. The van der Waals surface area contributed by atoms with E-state index in [0.717, 1.165) is 11.1 Å². The van der Waals surface area contributed by atoms with Gasteiger partial charge in [0.15, 0.2) is 0 Å². The first-order chi connectivity index (χ1) is 12.7. The Bertz CT molecular complexity index is 1080. The number of carbonyl (C=O) groups is 1. The van der Waals surface area contributed by atoms with E-state index in [2.05, 4.69) is 20.2 Å². The van der Waals surface area contributed by atoms with Crippen molar-refractivity contribution in [3.63, 3.8) is 0 Å². The summed E-state index contributed by atoms with van der Waals surface area (Å²) >= 11 is 0. The first kappa shape index (κ1) is 18.7. The number of carbonyl (C=O) groups excluding carboxylic acids is 1. The molecular weight excluding hydrogens is 366 g/mol. The van der Waals surface area contributed by atoms with E-state index in [-0.39, 0.29) is 10.5 Å². The van der Waals surface area contributed by atoms with Crippen molar-refractivity contribution in [2.75, 3.05) is 0 Å². The smallest absolute Gasteiger partial charge is 0.264 e. The highest BCUT2D eigenvalue weighted by atomic mass is 32.2. The molecule has 140 valence electrons. The van der Waals surface area contributed by atoms with Gasteiger partial charge in [-0.15, -0.1) is 5.10 Å². The van der Waals surface area contributed by atoms with E-state index in [0.29, 0.717) is 16.8 Å². The third-order valence-corrected chi connectivity index (χ3v) is 6.14. The summed E-state index contributed by atoms with van der Waals surface area (Å²) in [5.74, 6) is -0.698. The Labute approximate surface area is 157 Å². The van der Waals surface area contributed by atoms with Gasteiger partial charge in [-0.05, 0) is 84.6 Å². The molecule has 1 aromatic heterocycles. The number of hydrogen-bond acceptors (Lipinski definition) is 6. The van der Waals surface area contributed by atoms with Gasteiger partial charge in [0.25, 0.3) is 15.9 Å². The molecule has 9 heteroatoms. The molecule has 0 aliphatic heterocycles. The van der Waals surface area contributed by atoms with Crippen LogP contribution in [0, 0.1) is 27.7 Å². The molecule has 0 atom stereocenters. The van der Waals surface area contributed by atoms with Gasteiger partial charge in [-0.1, -0.05) is 6.07 Å².